The van der Waals surface area contributed by atoms with Crippen LogP contribution in [0.1, 0.15) is 27.7 Å². The van der Waals surface area contributed by atoms with E-state index in [1.165, 1.54) is 0 Å². The van der Waals surface area contributed by atoms with E-state index in [1.54, 1.807) is 13.8 Å². The zero-order valence-corrected chi connectivity index (χ0v) is 9.16. The number of carboxylic acids is 1. The van der Waals surface area contributed by atoms with Gasteiger partial charge in [-0.3, -0.25) is 0 Å². The van der Waals surface area contributed by atoms with Crippen molar-refractivity contribution in [1.29, 1.82) is 0 Å². The Bertz CT molecular complexity index is 232. The molecule has 0 saturated heterocycles. The van der Waals surface area contributed by atoms with E-state index in [0.29, 0.717) is 6.54 Å². The predicted octanol–water partition coefficient (Wildman–Crippen LogP) is 0.766. The van der Waals surface area contributed by atoms with Gasteiger partial charge in [-0.2, -0.15) is 0 Å². The molecule has 4 heteroatoms. The Morgan fingerprint density at radius 2 is 2.07 bits per heavy atom. The standard InChI is InChI=1S/C10H19NO3/c1-7(5-9(13)14)6-11-10(3,4)8(2)12/h5,8,11-12H,6H2,1-4H3,(H,13,14). The third-order valence-electron chi connectivity index (χ3n) is 2.24. The number of aliphatic hydroxyl groups excluding tert-OH is 1. The Hall–Kier alpha value is -0.870. The number of rotatable bonds is 5. The van der Waals surface area contributed by atoms with Gasteiger partial charge in [-0.15, -0.1) is 0 Å². The van der Waals surface area contributed by atoms with Gasteiger partial charge in [0.25, 0.3) is 0 Å². The first-order valence-electron chi connectivity index (χ1n) is 4.59. The molecule has 0 aliphatic carbocycles. The van der Waals surface area contributed by atoms with Crippen LogP contribution in [-0.2, 0) is 4.79 Å². The number of aliphatic hydroxyl groups is 1. The van der Waals surface area contributed by atoms with Crippen molar-refractivity contribution in [2.75, 3.05) is 6.54 Å². The van der Waals surface area contributed by atoms with E-state index in [9.17, 15) is 9.90 Å². The van der Waals surface area contributed by atoms with Crippen LogP contribution >= 0.6 is 0 Å². The third kappa shape index (κ3) is 4.99. The number of carbonyl (C=O) groups is 1. The quantitative estimate of drug-likeness (QED) is 0.574. The fraction of sp³-hybridized carbons (Fsp3) is 0.700. The van der Waals surface area contributed by atoms with E-state index in [2.05, 4.69) is 5.32 Å². The van der Waals surface area contributed by atoms with E-state index in [4.69, 9.17) is 5.11 Å². The van der Waals surface area contributed by atoms with Gasteiger partial charge in [-0.25, -0.2) is 4.79 Å². The topological polar surface area (TPSA) is 69.6 Å². The van der Waals surface area contributed by atoms with Crippen molar-refractivity contribution in [3.8, 4) is 0 Å². The molecule has 0 spiro atoms. The minimum absolute atomic E-state index is 0.409. The smallest absolute Gasteiger partial charge is 0.328 e. The summed E-state index contributed by atoms with van der Waals surface area (Å²) in [5.41, 5.74) is 0.319. The van der Waals surface area contributed by atoms with Crippen molar-refractivity contribution in [3.05, 3.63) is 11.6 Å². The molecule has 1 unspecified atom stereocenters. The van der Waals surface area contributed by atoms with Crippen LogP contribution in [0.5, 0.6) is 0 Å². The maximum atomic E-state index is 10.3. The van der Waals surface area contributed by atoms with Gasteiger partial charge in [-0.1, -0.05) is 5.57 Å². The fourth-order valence-corrected chi connectivity index (χ4v) is 0.777. The summed E-state index contributed by atoms with van der Waals surface area (Å²) >= 11 is 0. The average Bonchev–Trinajstić information content (AvgIpc) is 1.99. The second kappa shape index (κ2) is 5.12. The van der Waals surface area contributed by atoms with Crippen LogP contribution in [-0.4, -0.2) is 34.4 Å². The van der Waals surface area contributed by atoms with Crippen LogP contribution < -0.4 is 5.32 Å². The Balaban J connectivity index is 4.12. The van der Waals surface area contributed by atoms with E-state index in [1.807, 2.05) is 13.8 Å². The highest BCUT2D eigenvalue weighted by molar-refractivity contribution is 5.80. The van der Waals surface area contributed by atoms with Crippen molar-refractivity contribution in [3.63, 3.8) is 0 Å². The summed E-state index contributed by atoms with van der Waals surface area (Å²) in [6, 6.07) is 0. The van der Waals surface area contributed by atoms with Crippen LogP contribution in [0.3, 0.4) is 0 Å². The highest BCUT2D eigenvalue weighted by Crippen LogP contribution is 2.08. The van der Waals surface area contributed by atoms with Gasteiger partial charge < -0.3 is 15.5 Å². The van der Waals surface area contributed by atoms with Crippen molar-refractivity contribution >= 4 is 5.97 Å². The molecule has 0 saturated carbocycles. The highest BCUT2D eigenvalue weighted by atomic mass is 16.4. The summed E-state index contributed by atoms with van der Waals surface area (Å²) in [5, 5.41) is 20.9. The van der Waals surface area contributed by atoms with Gasteiger partial charge in [0.05, 0.1) is 6.10 Å². The SMILES string of the molecule is CC(=CC(=O)O)CNC(C)(C)C(C)O. The molecule has 0 fully saturated rings. The highest BCUT2D eigenvalue weighted by Gasteiger charge is 2.22. The van der Waals surface area contributed by atoms with E-state index in [0.717, 1.165) is 11.6 Å². The van der Waals surface area contributed by atoms with Crippen molar-refractivity contribution in [2.24, 2.45) is 0 Å². The second-order valence-corrected chi connectivity index (χ2v) is 4.08. The van der Waals surface area contributed by atoms with Gasteiger partial charge in [-0.05, 0) is 27.7 Å². The number of aliphatic carboxylic acids is 1. The summed E-state index contributed by atoms with van der Waals surface area (Å²) in [7, 11) is 0. The minimum Gasteiger partial charge on any atom is -0.478 e. The number of hydrogen-bond donors (Lipinski definition) is 3. The molecule has 3 N–H and O–H groups in total. The first-order valence-corrected chi connectivity index (χ1v) is 4.59. The minimum atomic E-state index is -0.945. The van der Waals surface area contributed by atoms with Crippen molar-refractivity contribution < 1.29 is 15.0 Å². The van der Waals surface area contributed by atoms with E-state index in [-0.39, 0.29) is 0 Å². The largest absolute Gasteiger partial charge is 0.478 e. The fourth-order valence-electron chi connectivity index (χ4n) is 0.777. The van der Waals surface area contributed by atoms with Gasteiger partial charge in [0.2, 0.25) is 0 Å². The zero-order chi connectivity index (χ0) is 11.4. The summed E-state index contributed by atoms with van der Waals surface area (Å²) in [6.45, 7) is 7.63. The molecule has 0 aromatic heterocycles. The van der Waals surface area contributed by atoms with Crippen molar-refractivity contribution in [2.45, 2.75) is 39.3 Å². The molecule has 14 heavy (non-hydrogen) atoms. The molecule has 0 heterocycles. The summed E-state index contributed by atoms with van der Waals surface area (Å²) in [6.07, 6.45) is 0.672. The number of nitrogens with one attached hydrogen (secondary N) is 1. The molecular weight excluding hydrogens is 182 g/mol. The van der Waals surface area contributed by atoms with E-state index >= 15 is 0 Å². The van der Waals surface area contributed by atoms with Gasteiger partial charge in [0.15, 0.2) is 0 Å². The molecular formula is C10H19NO3. The molecule has 0 rings (SSSR count). The second-order valence-electron chi connectivity index (χ2n) is 4.08. The van der Waals surface area contributed by atoms with Crippen LogP contribution in [0.15, 0.2) is 11.6 Å². The Morgan fingerprint density at radius 3 is 2.43 bits per heavy atom. The van der Waals surface area contributed by atoms with Gasteiger partial charge in [0, 0.05) is 18.2 Å². The lowest BCUT2D eigenvalue weighted by molar-refractivity contribution is -0.131. The zero-order valence-electron chi connectivity index (χ0n) is 9.16. The molecule has 4 nitrogen and oxygen atoms in total. The normalized spacial score (nSPS) is 15.4. The first kappa shape index (κ1) is 13.1. The predicted molar refractivity (Wildman–Crippen MR) is 55.2 cm³/mol. The molecule has 82 valence electrons. The maximum Gasteiger partial charge on any atom is 0.328 e. The number of hydrogen-bond acceptors (Lipinski definition) is 3. The maximum absolute atomic E-state index is 10.3. The summed E-state index contributed by atoms with van der Waals surface area (Å²) < 4.78 is 0. The molecule has 0 aromatic carbocycles. The summed E-state index contributed by atoms with van der Waals surface area (Å²) in [5.74, 6) is -0.945. The van der Waals surface area contributed by atoms with Crippen LogP contribution in [0, 0.1) is 0 Å². The Morgan fingerprint density at radius 1 is 1.57 bits per heavy atom. The first-order chi connectivity index (χ1) is 6.25. The van der Waals surface area contributed by atoms with Gasteiger partial charge >= 0.3 is 5.97 Å². The van der Waals surface area contributed by atoms with Crippen LogP contribution in [0.2, 0.25) is 0 Å². The number of carboxylic acid groups (broad SMARTS) is 1. The molecule has 0 aliphatic rings. The lowest BCUT2D eigenvalue weighted by Crippen LogP contribution is -2.48. The van der Waals surface area contributed by atoms with E-state index < -0.39 is 17.6 Å². The molecule has 0 bridgehead atoms. The monoisotopic (exact) mass is 201 g/mol. The molecule has 0 amide bonds. The Kier molecular flexibility index (Phi) is 4.80. The molecule has 0 radical (unpaired) electrons. The molecule has 1 atom stereocenters. The molecule has 0 aromatic rings. The van der Waals surface area contributed by atoms with Gasteiger partial charge in [0.1, 0.15) is 0 Å². The third-order valence-corrected chi connectivity index (χ3v) is 2.24. The van der Waals surface area contributed by atoms with Crippen LogP contribution in [0.4, 0.5) is 0 Å². The van der Waals surface area contributed by atoms with Crippen LogP contribution in [0.25, 0.3) is 0 Å². The lowest BCUT2D eigenvalue weighted by Gasteiger charge is -2.29. The summed E-state index contributed by atoms with van der Waals surface area (Å²) in [4.78, 5) is 10.3. The lowest BCUT2D eigenvalue weighted by atomic mass is 9.98. The molecule has 0 aliphatic heterocycles. The Labute approximate surface area is 84.6 Å². The average molecular weight is 201 g/mol. The van der Waals surface area contributed by atoms with Crippen molar-refractivity contribution in [1.82, 2.24) is 5.32 Å².